The first kappa shape index (κ1) is 18.3. The molecule has 7 heteroatoms. The molecule has 3 aromatic rings. The van der Waals surface area contributed by atoms with E-state index < -0.39 is 5.97 Å². The fraction of sp³-hybridized carbons (Fsp3) is 0.200. The molecule has 0 saturated carbocycles. The predicted molar refractivity (Wildman–Crippen MR) is 98.3 cm³/mol. The number of methoxy groups -OCH3 is 1. The van der Waals surface area contributed by atoms with Crippen LogP contribution in [-0.2, 0) is 9.53 Å². The summed E-state index contributed by atoms with van der Waals surface area (Å²) < 4.78 is 10.2. The summed E-state index contributed by atoms with van der Waals surface area (Å²) in [6, 6.07) is 16.0. The van der Waals surface area contributed by atoms with Crippen molar-refractivity contribution in [2.45, 2.75) is 19.3 Å². The zero-order valence-corrected chi connectivity index (χ0v) is 15.0. The number of carbonyl (C=O) groups excluding carboxylic acids is 2. The third-order valence-electron chi connectivity index (χ3n) is 4.02. The summed E-state index contributed by atoms with van der Waals surface area (Å²) in [4.78, 5) is 24.0. The van der Waals surface area contributed by atoms with Gasteiger partial charge in [0.15, 0.2) is 0 Å². The van der Waals surface area contributed by atoms with Gasteiger partial charge in [-0.25, -0.2) is 4.79 Å². The van der Waals surface area contributed by atoms with Crippen molar-refractivity contribution in [2.75, 3.05) is 12.4 Å². The number of ether oxygens (including phenoxy) is 1. The molecule has 27 heavy (non-hydrogen) atoms. The molecule has 0 aliphatic rings. The highest BCUT2D eigenvalue weighted by molar-refractivity contribution is 5.93. The maximum absolute atomic E-state index is 12.6. The van der Waals surface area contributed by atoms with Crippen LogP contribution in [0.1, 0.15) is 40.0 Å². The lowest BCUT2D eigenvalue weighted by atomic mass is 9.95. The van der Waals surface area contributed by atoms with Crippen molar-refractivity contribution >= 4 is 17.6 Å². The Morgan fingerprint density at radius 1 is 1.07 bits per heavy atom. The van der Waals surface area contributed by atoms with Gasteiger partial charge in [0, 0.05) is 19.0 Å². The number of amides is 1. The third kappa shape index (κ3) is 4.58. The molecule has 2 aromatic carbocycles. The van der Waals surface area contributed by atoms with Crippen LogP contribution in [-0.4, -0.2) is 29.2 Å². The summed E-state index contributed by atoms with van der Waals surface area (Å²) in [5, 5.41) is 10.8. The Morgan fingerprint density at radius 2 is 1.78 bits per heavy atom. The molecule has 0 fully saturated rings. The standard InChI is InChI=1S/C20H19N3O4/c1-13-22-23-19(27-13)17(14-6-4-3-5-7-14)12-18(24)21-16-10-8-15(9-11-16)20(25)26-2/h3-11,17H,12H2,1-2H3,(H,21,24). The first-order valence-electron chi connectivity index (χ1n) is 8.40. The summed E-state index contributed by atoms with van der Waals surface area (Å²) >= 11 is 0. The van der Waals surface area contributed by atoms with Crippen molar-refractivity contribution in [2.24, 2.45) is 0 Å². The zero-order chi connectivity index (χ0) is 19.2. The number of esters is 1. The number of anilines is 1. The Bertz CT molecular complexity index is 920. The number of rotatable bonds is 6. The van der Waals surface area contributed by atoms with E-state index in [9.17, 15) is 9.59 Å². The van der Waals surface area contributed by atoms with Crippen LogP contribution in [0.15, 0.2) is 59.0 Å². The second kappa shape index (κ2) is 8.27. The van der Waals surface area contributed by atoms with Gasteiger partial charge < -0.3 is 14.5 Å². The second-order valence-electron chi connectivity index (χ2n) is 5.94. The fourth-order valence-electron chi connectivity index (χ4n) is 2.69. The maximum atomic E-state index is 12.6. The Labute approximate surface area is 156 Å². The van der Waals surface area contributed by atoms with E-state index >= 15 is 0 Å². The Morgan fingerprint density at radius 3 is 2.37 bits per heavy atom. The lowest BCUT2D eigenvalue weighted by Gasteiger charge is -2.14. The van der Waals surface area contributed by atoms with Gasteiger partial charge in [0.25, 0.3) is 0 Å². The molecule has 7 nitrogen and oxygen atoms in total. The van der Waals surface area contributed by atoms with E-state index in [1.165, 1.54) is 7.11 Å². The summed E-state index contributed by atoms with van der Waals surface area (Å²) in [5.74, 6) is -0.129. The largest absolute Gasteiger partial charge is 0.465 e. The number of hydrogen-bond donors (Lipinski definition) is 1. The average molecular weight is 365 g/mol. The topological polar surface area (TPSA) is 94.3 Å². The molecule has 0 saturated heterocycles. The number of aromatic nitrogens is 2. The number of nitrogens with one attached hydrogen (secondary N) is 1. The van der Waals surface area contributed by atoms with Gasteiger partial charge in [-0.05, 0) is 29.8 Å². The number of carbonyl (C=O) groups is 2. The monoisotopic (exact) mass is 365 g/mol. The summed E-state index contributed by atoms with van der Waals surface area (Å²) in [7, 11) is 1.32. The SMILES string of the molecule is COC(=O)c1ccc(NC(=O)CC(c2ccccc2)c2nnc(C)o2)cc1. The molecule has 1 aromatic heterocycles. The molecule has 1 heterocycles. The first-order chi connectivity index (χ1) is 13.1. The lowest BCUT2D eigenvalue weighted by molar-refractivity contribution is -0.116. The quantitative estimate of drug-likeness (QED) is 0.674. The fourth-order valence-corrected chi connectivity index (χ4v) is 2.69. The van der Waals surface area contributed by atoms with E-state index in [2.05, 4.69) is 20.3 Å². The van der Waals surface area contributed by atoms with E-state index in [1.54, 1.807) is 31.2 Å². The molecule has 0 radical (unpaired) electrons. The summed E-state index contributed by atoms with van der Waals surface area (Å²) in [5.41, 5.74) is 1.91. The number of aryl methyl sites for hydroxylation is 1. The highest BCUT2D eigenvalue weighted by Gasteiger charge is 2.23. The lowest BCUT2D eigenvalue weighted by Crippen LogP contribution is -2.17. The smallest absolute Gasteiger partial charge is 0.337 e. The summed E-state index contributed by atoms with van der Waals surface area (Å²) in [6.45, 7) is 1.71. The van der Waals surface area contributed by atoms with Gasteiger partial charge in [-0.2, -0.15) is 0 Å². The highest BCUT2D eigenvalue weighted by Crippen LogP contribution is 2.27. The van der Waals surface area contributed by atoms with Crippen molar-refractivity contribution in [3.05, 3.63) is 77.5 Å². The van der Waals surface area contributed by atoms with Gasteiger partial charge in [-0.15, -0.1) is 10.2 Å². The van der Waals surface area contributed by atoms with Crippen LogP contribution in [0.2, 0.25) is 0 Å². The van der Waals surface area contributed by atoms with Crippen LogP contribution in [0, 0.1) is 6.92 Å². The minimum absolute atomic E-state index is 0.143. The Balaban J connectivity index is 1.74. The van der Waals surface area contributed by atoms with Crippen LogP contribution in [0.25, 0.3) is 0 Å². The molecule has 1 unspecified atom stereocenters. The van der Waals surface area contributed by atoms with Gasteiger partial charge in [-0.3, -0.25) is 4.79 Å². The van der Waals surface area contributed by atoms with Crippen LogP contribution in [0.3, 0.4) is 0 Å². The first-order valence-corrected chi connectivity index (χ1v) is 8.40. The van der Waals surface area contributed by atoms with Crippen LogP contribution in [0.5, 0.6) is 0 Å². The normalized spacial score (nSPS) is 11.6. The highest BCUT2D eigenvalue weighted by atomic mass is 16.5. The minimum Gasteiger partial charge on any atom is -0.465 e. The second-order valence-corrected chi connectivity index (χ2v) is 5.94. The minimum atomic E-state index is -0.427. The van der Waals surface area contributed by atoms with Crippen LogP contribution < -0.4 is 5.32 Å². The molecule has 0 bridgehead atoms. The molecular weight excluding hydrogens is 346 g/mol. The van der Waals surface area contributed by atoms with Crippen molar-refractivity contribution in [1.29, 1.82) is 0 Å². The molecule has 138 valence electrons. The number of benzene rings is 2. The summed E-state index contributed by atoms with van der Waals surface area (Å²) in [6.07, 6.45) is 0.143. The average Bonchev–Trinajstić information content (AvgIpc) is 3.13. The molecule has 1 N–H and O–H groups in total. The van der Waals surface area contributed by atoms with E-state index in [-0.39, 0.29) is 18.2 Å². The van der Waals surface area contributed by atoms with Gasteiger partial charge in [-0.1, -0.05) is 30.3 Å². The van der Waals surface area contributed by atoms with E-state index in [0.29, 0.717) is 23.0 Å². The van der Waals surface area contributed by atoms with Gasteiger partial charge in [0.2, 0.25) is 17.7 Å². The third-order valence-corrected chi connectivity index (χ3v) is 4.02. The Hall–Kier alpha value is -3.48. The molecule has 0 aliphatic carbocycles. The maximum Gasteiger partial charge on any atom is 0.337 e. The van der Waals surface area contributed by atoms with Crippen molar-refractivity contribution in [3.63, 3.8) is 0 Å². The van der Waals surface area contributed by atoms with Gasteiger partial charge in [0.1, 0.15) is 0 Å². The van der Waals surface area contributed by atoms with Crippen molar-refractivity contribution in [1.82, 2.24) is 10.2 Å². The molecule has 0 aliphatic heterocycles. The number of hydrogen-bond acceptors (Lipinski definition) is 6. The molecule has 1 amide bonds. The van der Waals surface area contributed by atoms with Gasteiger partial charge in [0.05, 0.1) is 18.6 Å². The van der Waals surface area contributed by atoms with Crippen LogP contribution >= 0.6 is 0 Å². The molecule has 0 spiro atoms. The van der Waals surface area contributed by atoms with E-state index in [4.69, 9.17) is 4.42 Å². The molecule has 1 atom stereocenters. The van der Waals surface area contributed by atoms with Crippen LogP contribution in [0.4, 0.5) is 5.69 Å². The molecular formula is C20H19N3O4. The van der Waals surface area contributed by atoms with Gasteiger partial charge >= 0.3 is 5.97 Å². The van der Waals surface area contributed by atoms with Crippen molar-refractivity contribution < 1.29 is 18.7 Å². The molecule has 3 rings (SSSR count). The zero-order valence-electron chi connectivity index (χ0n) is 15.0. The number of nitrogens with zero attached hydrogens (tertiary/aromatic N) is 2. The predicted octanol–water partition coefficient (Wildman–Crippen LogP) is 3.33. The Kier molecular flexibility index (Phi) is 5.61. The van der Waals surface area contributed by atoms with E-state index in [0.717, 1.165) is 5.56 Å². The van der Waals surface area contributed by atoms with E-state index in [1.807, 2.05) is 30.3 Å². The van der Waals surface area contributed by atoms with Crippen molar-refractivity contribution in [3.8, 4) is 0 Å².